The van der Waals surface area contributed by atoms with E-state index in [1.165, 1.54) is 0 Å². The SMILES string of the molecule is NC(=O)C1CC(N(Cc2cccnn2)C[C@]23CC[C@](F)(C[C@@H]2c2c(F)c(O)cc(Cl)c2Cl)C3)C1. The molecule has 3 atom stereocenters. The molecule has 0 spiro atoms. The van der Waals surface area contributed by atoms with Gasteiger partial charge < -0.3 is 10.8 Å². The van der Waals surface area contributed by atoms with Gasteiger partial charge in [-0.25, -0.2) is 8.78 Å². The monoisotopic (exact) mass is 510 g/mol. The van der Waals surface area contributed by atoms with Gasteiger partial charge in [0.15, 0.2) is 11.6 Å². The third-order valence-electron chi connectivity index (χ3n) is 8.11. The highest BCUT2D eigenvalue weighted by Gasteiger charge is 2.62. The first-order chi connectivity index (χ1) is 16.1. The predicted octanol–water partition coefficient (Wildman–Crippen LogP) is 4.76. The quantitative estimate of drug-likeness (QED) is 0.523. The van der Waals surface area contributed by atoms with E-state index >= 15 is 8.78 Å². The third kappa shape index (κ3) is 4.03. The van der Waals surface area contributed by atoms with Crippen molar-refractivity contribution in [2.45, 2.75) is 62.7 Å². The summed E-state index contributed by atoms with van der Waals surface area (Å²) in [5.74, 6) is -2.48. The van der Waals surface area contributed by atoms with E-state index < -0.39 is 28.6 Å². The summed E-state index contributed by atoms with van der Waals surface area (Å²) >= 11 is 12.6. The molecule has 2 bridgehead atoms. The number of phenols is 1. The van der Waals surface area contributed by atoms with E-state index in [0.717, 1.165) is 11.8 Å². The number of carbonyl (C=O) groups is 1. The Morgan fingerprint density at radius 2 is 2.09 bits per heavy atom. The van der Waals surface area contributed by atoms with Gasteiger partial charge in [-0.1, -0.05) is 23.2 Å². The molecule has 2 aromatic rings. The van der Waals surface area contributed by atoms with E-state index in [1.54, 1.807) is 12.3 Å². The number of nitrogens with two attached hydrogens (primary N) is 1. The zero-order valence-corrected chi connectivity index (χ0v) is 20.0. The number of nitrogens with zero attached hydrogens (tertiary/aromatic N) is 3. The van der Waals surface area contributed by atoms with E-state index in [0.29, 0.717) is 38.8 Å². The molecule has 3 saturated carbocycles. The Morgan fingerprint density at radius 1 is 1.32 bits per heavy atom. The van der Waals surface area contributed by atoms with Crippen LogP contribution in [-0.2, 0) is 11.3 Å². The maximum absolute atomic E-state index is 15.7. The Morgan fingerprint density at radius 3 is 2.74 bits per heavy atom. The summed E-state index contributed by atoms with van der Waals surface area (Å²) in [5, 5.41) is 18.3. The summed E-state index contributed by atoms with van der Waals surface area (Å²) < 4.78 is 30.9. The number of phenolic OH excluding ortho intramolecular Hbond substituents is 1. The van der Waals surface area contributed by atoms with Crippen molar-refractivity contribution in [2.75, 3.05) is 6.54 Å². The molecule has 3 fully saturated rings. The molecule has 0 aliphatic heterocycles. The number of amides is 1. The normalized spacial score (nSPS) is 32.2. The standard InChI is InChI=1S/C24H26Cl2F2N4O2/c25-17-8-18(33)21(27)19(20(17)26)16-9-24(28)4-3-23(16,11-24)12-32(10-14-2-1-5-30-31-14)15-6-13(7-15)22(29)34/h1-2,5,8,13,15-16,33H,3-4,6-7,9-12H2,(H2,29,34)/t13?,15?,16-,23-,24+/m1/s1. The number of carbonyl (C=O) groups excluding carboxylic acids is 1. The summed E-state index contributed by atoms with van der Waals surface area (Å²) in [6.45, 7) is 0.938. The van der Waals surface area contributed by atoms with E-state index in [-0.39, 0.29) is 46.3 Å². The molecule has 3 aliphatic rings. The van der Waals surface area contributed by atoms with Crippen molar-refractivity contribution >= 4 is 29.1 Å². The van der Waals surface area contributed by atoms with Gasteiger partial charge in [0.05, 0.1) is 15.7 Å². The minimum atomic E-state index is -1.42. The van der Waals surface area contributed by atoms with Crippen molar-refractivity contribution in [2.24, 2.45) is 17.1 Å². The lowest BCUT2D eigenvalue weighted by molar-refractivity contribution is -0.127. The zero-order chi connectivity index (χ0) is 24.3. The molecule has 1 heterocycles. The second kappa shape index (κ2) is 8.57. The van der Waals surface area contributed by atoms with Crippen LogP contribution >= 0.6 is 23.2 Å². The highest BCUT2D eigenvalue weighted by molar-refractivity contribution is 6.42. The Bertz CT molecular complexity index is 1090. The molecule has 182 valence electrons. The molecule has 3 N–H and O–H groups in total. The molecule has 1 amide bonds. The van der Waals surface area contributed by atoms with Crippen LogP contribution in [0.2, 0.25) is 10.0 Å². The van der Waals surface area contributed by atoms with Crippen molar-refractivity contribution in [3.05, 3.63) is 51.5 Å². The van der Waals surface area contributed by atoms with Gasteiger partial charge in [0.25, 0.3) is 0 Å². The third-order valence-corrected chi connectivity index (χ3v) is 8.91. The average Bonchev–Trinajstić information content (AvgIpc) is 3.22. The van der Waals surface area contributed by atoms with Crippen LogP contribution in [0, 0.1) is 17.2 Å². The zero-order valence-electron chi connectivity index (χ0n) is 18.5. The molecule has 10 heteroatoms. The maximum atomic E-state index is 15.7. The van der Waals surface area contributed by atoms with Gasteiger partial charge in [-0.05, 0) is 62.0 Å². The largest absolute Gasteiger partial charge is 0.505 e. The van der Waals surface area contributed by atoms with Crippen molar-refractivity contribution in [3.63, 3.8) is 0 Å². The highest BCUT2D eigenvalue weighted by Crippen LogP contribution is 2.67. The second-order valence-electron chi connectivity index (χ2n) is 10.2. The molecule has 6 nitrogen and oxygen atoms in total. The molecule has 0 saturated heterocycles. The predicted molar refractivity (Wildman–Crippen MR) is 124 cm³/mol. The first-order valence-electron chi connectivity index (χ1n) is 11.5. The number of aromatic hydroxyl groups is 1. The average molecular weight is 511 g/mol. The smallest absolute Gasteiger partial charge is 0.220 e. The lowest BCUT2D eigenvalue weighted by Crippen LogP contribution is -2.52. The van der Waals surface area contributed by atoms with E-state index in [4.69, 9.17) is 28.9 Å². The number of hydrogen-bond acceptors (Lipinski definition) is 5. The second-order valence-corrected chi connectivity index (χ2v) is 11.0. The summed E-state index contributed by atoms with van der Waals surface area (Å²) in [6, 6.07) is 4.81. The number of rotatable bonds is 7. The van der Waals surface area contributed by atoms with Crippen LogP contribution in [0.3, 0.4) is 0 Å². The van der Waals surface area contributed by atoms with Crippen molar-refractivity contribution in [1.29, 1.82) is 0 Å². The van der Waals surface area contributed by atoms with E-state index in [9.17, 15) is 9.90 Å². The molecular weight excluding hydrogens is 485 g/mol. The minimum Gasteiger partial charge on any atom is -0.505 e. The summed E-state index contributed by atoms with van der Waals surface area (Å²) in [4.78, 5) is 13.8. The van der Waals surface area contributed by atoms with Gasteiger partial charge in [0, 0.05) is 42.9 Å². The molecule has 0 radical (unpaired) electrons. The van der Waals surface area contributed by atoms with Crippen molar-refractivity contribution < 1.29 is 18.7 Å². The summed E-state index contributed by atoms with van der Waals surface area (Å²) in [7, 11) is 0. The Hall–Kier alpha value is -2.03. The van der Waals surface area contributed by atoms with Crippen LogP contribution in [-0.4, -0.2) is 44.4 Å². The molecular formula is C24H26Cl2F2N4O2. The number of halogens is 4. The topological polar surface area (TPSA) is 92.3 Å². The van der Waals surface area contributed by atoms with Crippen LogP contribution < -0.4 is 5.73 Å². The van der Waals surface area contributed by atoms with Gasteiger partial charge in [0.2, 0.25) is 5.91 Å². The molecule has 0 unspecified atom stereocenters. The lowest BCUT2D eigenvalue weighted by Gasteiger charge is -2.47. The van der Waals surface area contributed by atoms with Gasteiger partial charge >= 0.3 is 0 Å². The lowest BCUT2D eigenvalue weighted by atomic mass is 9.69. The summed E-state index contributed by atoms with van der Waals surface area (Å²) in [6.07, 6.45) is 4.17. The van der Waals surface area contributed by atoms with Gasteiger partial charge in [0.1, 0.15) is 5.67 Å². The first-order valence-corrected chi connectivity index (χ1v) is 12.2. The van der Waals surface area contributed by atoms with Gasteiger partial charge in [-0.3, -0.25) is 9.69 Å². The Labute approximate surface area is 206 Å². The Balaban J connectivity index is 1.50. The number of aromatic nitrogens is 2. The Kier molecular flexibility index (Phi) is 5.97. The number of benzene rings is 1. The molecule has 1 aromatic carbocycles. The first kappa shape index (κ1) is 23.7. The van der Waals surface area contributed by atoms with Crippen LogP contribution in [0.15, 0.2) is 24.4 Å². The van der Waals surface area contributed by atoms with Crippen molar-refractivity contribution in [1.82, 2.24) is 15.1 Å². The molecule has 3 aliphatic carbocycles. The number of hydrogen-bond donors (Lipinski definition) is 2. The number of primary amides is 1. The van der Waals surface area contributed by atoms with Crippen molar-refractivity contribution in [3.8, 4) is 5.75 Å². The van der Waals surface area contributed by atoms with Gasteiger partial charge in [-0.15, -0.1) is 0 Å². The van der Waals surface area contributed by atoms with Gasteiger partial charge in [-0.2, -0.15) is 10.2 Å². The van der Waals surface area contributed by atoms with Crippen LogP contribution in [0.25, 0.3) is 0 Å². The van der Waals surface area contributed by atoms with Crippen LogP contribution in [0.1, 0.15) is 55.7 Å². The van der Waals surface area contributed by atoms with E-state index in [1.807, 2.05) is 6.07 Å². The molecule has 5 rings (SSSR count). The number of alkyl halides is 1. The van der Waals surface area contributed by atoms with E-state index in [2.05, 4.69) is 15.1 Å². The fourth-order valence-corrected chi connectivity index (χ4v) is 6.84. The summed E-state index contributed by atoms with van der Waals surface area (Å²) in [5.41, 5.74) is 4.31. The van der Waals surface area contributed by atoms with Crippen LogP contribution in [0.5, 0.6) is 5.75 Å². The molecule has 1 aromatic heterocycles. The number of fused-ring (bicyclic) bond motifs is 2. The minimum absolute atomic E-state index is 0.0235. The highest BCUT2D eigenvalue weighted by atomic mass is 35.5. The fourth-order valence-electron chi connectivity index (χ4n) is 6.37. The molecule has 34 heavy (non-hydrogen) atoms. The fraction of sp³-hybridized carbons (Fsp3) is 0.542. The maximum Gasteiger partial charge on any atom is 0.220 e. The van der Waals surface area contributed by atoms with Crippen LogP contribution in [0.4, 0.5) is 8.78 Å².